The number of nitrogens with one attached hydrogen (secondary N) is 2. The van der Waals surface area contributed by atoms with Crippen LogP contribution in [0.2, 0.25) is 0 Å². The maximum Gasteiger partial charge on any atom is 0.251 e. The monoisotopic (exact) mass is 616 g/mol. The van der Waals surface area contributed by atoms with E-state index >= 15 is 0 Å². The molecule has 0 spiro atoms. The van der Waals surface area contributed by atoms with Gasteiger partial charge in [-0.3, -0.25) is 9.59 Å². The van der Waals surface area contributed by atoms with E-state index in [0.717, 1.165) is 11.1 Å². The third-order valence-corrected chi connectivity index (χ3v) is 6.90. The van der Waals surface area contributed by atoms with Gasteiger partial charge in [-0.1, -0.05) is 36.4 Å². The summed E-state index contributed by atoms with van der Waals surface area (Å²) in [5, 5.41) is 5.85. The van der Waals surface area contributed by atoms with Gasteiger partial charge < -0.3 is 43.8 Å². The van der Waals surface area contributed by atoms with Gasteiger partial charge in [0, 0.05) is 35.3 Å². The Kier molecular flexibility index (Phi) is 10.9. The lowest BCUT2D eigenvalue weighted by molar-refractivity contribution is 0.0942. The van der Waals surface area contributed by atoms with Crippen molar-refractivity contribution in [1.82, 2.24) is 10.6 Å². The normalized spacial score (nSPS) is 10.4. The minimum absolute atomic E-state index is 0.186. The number of carbonyl (C=O) groups excluding carboxylic acids is 2. The van der Waals surface area contributed by atoms with Crippen molar-refractivity contribution in [1.29, 1.82) is 0 Å². The lowest BCUT2D eigenvalue weighted by atomic mass is 10.1. The molecule has 236 valence electrons. The van der Waals surface area contributed by atoms with Crippen LogP contribution >= 0.6 is 0 Å². The number of benzene rings is 4. The summed E-state index contributed by atoms with van der Waals surface area (Å²) in [6.45, 7) is 0.372. The summed E-state index contributed by atoms with van der Waals surface area (Å²) in [5.74, 6) is 2.72. The summed E-state index contributed by atoms with van der Waals surface area (Å²) < 4.78 is 38.5. The van der Waals surface area contributed by atoms with Crippen LogP contribution in [0.4, 0.5) is 0 Å². The van der Waals surface area contributed by atoms with Crippen molar-refractivity contribution in [3.63, 3.8) is 0 Å². The first kappa shape index (κ1) is 32.3. The molecule has 0 aromatic heterocycles. The summed E-state index contributed by atoms with van der Waals surface area (Å²) in [7, 11) is 8.95. The molecule has 0 fully saturated rings. The van der Waals surface area contributed by atoms with Crippen molar-refractivity contribution in [2.24, 2.45) is 0 Å². The molecule has 0 aliphatic heterocycles. The van der Waals surface area contributed by atoms with E-state index in [9.17, 15) is 9.59 Å². The Hall–Kier alpha value is -5.58. The fourth-order valence-corrected chi connectivity index (χ4v) is 4.60. The highest BCUT2D eigenvalue weighted by Gasteiger charge is 2.19. The van der Waals surface area contributed by atoms with E-state index in [0.29, 0.717) is 57.1 Å². The molecule has 45 heavy (non-hydrogen) atoms. The standard InChI is InChI=1S/C34H36N2O9/c1-39-27-15-23(16-28(40-2)31(27)43-5)33(37)35-19-21-11-7-9-13-25(21)45-26-14-10-8-12-22(26)20-36-34(38)24-17-29(41-3)32(44-6)30(18-24)42-4/h7-18H,19-20H2,1-6H3,(H,35,37)(H,36,38). The van der Waals surface area contributed by atoms with Gasteiger partial charge in [-0.15, -0.1) is 0 Å². The van der Waals surface area contributed by atoms with Gasteiger partial charge in [0.25, 0.3) is 11.8 Å². The highest BCUT2D eigenvalue weighted by Crippen LogP contribution is 2.39. The zero-order chi connectivity index (χ0) is 32.3. The average molecular weight is 617 g/mol. The molecule has 0 saturated heterocycles. The van der Waals surface area contributed by atoms with E-state index in [2.05, 4.69) is 10.6 Å². The first-order chi connectivity index (χ1) is 21.9. The van der Waals surface area contributed by atoms with Gasteiger partial charge in [-0.2, -0.15) is 0 Å². The quantitative estimate of drug-likeness (QED) is 0.192. The van der Waals surface area contributed by atoms with Crippen LogP contribution in [0.15, 0.2) is 72.8 Å². The maximum atomic E-state index is 13.1. The van der Waals surface area contributed by atoms with Crippen molar-refractivity contribution in [2.75, 3.05) is 42.7 Å². The van der Waals surface area contributed by atoms with E-state index in [4.69, 9.17) is 33.2 Å². The van der Waals surface area contributed by atoms with Crippen LogP contribution in [-0.4, -0.2) is 54.5 Å². The summed E-state index contributed by atoms with van der Waals surface area (Å²) in [6, 6.07) is 21.1. The smallest absolute Gasteiger partial charge is 0.251 e. The first-order valence-corrected chi connectivity index (χ1v) is 13.9. The fourth-order valence-electron chi connectivity index (χ4n) is 4.60. The third kappa shape index (κ3) is 7.50. The number of rotatable bonds is 14. The van der Waals surface area contributed by atoms with Crippen LogP contribution in [0.5, 0.6) is 46.0 Å². The van der Waals surface area contributed by atoms with E-state index < -0.39 is 0 Å². The molecule has 0 atom stereocenters. The van der Waals surface area contributed by atoms with Crippen molar-refractivity contribution in [3.05, 3.63) is 95.1 Å². The van der Waals surface area contributed by atoms with E-state index in [-0.39, 0.29) is 24.9 Å². The fraction of sp³-hybridized carbons (Fsp3) is 0.235. The molecule has 4 aromatic rings. The summed E-state index contributed by atoms with van der Waals surface area (Å²) in [4.78, 5) is 26.2. The zero-order valence-corrected chi connectivity index (χ0v) is 26.0. The van der Waals surface area contributed by atoms with Crippen LogP contribution in [-0.2, 0) is 13.1 Å². The SMILES string of the molecule is COc1cc(C(=O)NCc2ccccc2Oc2ccccc2CNC(=O)c2cc(OC)c(OC)c(OC)c2)cc(OC)c1OC. The molecule has 11 heteroatoms. The molecule has 2 N–H and O–H groups in total. The van der Waals surface area contributed by atoms with Crippen LogP contribution in [0.25, 0.3) is 0 Å². The second-order valence-electron chi connectivity index (χ2n) is 9.51. The van der Waals surface area contributed by atoms with Crippen LogP contribution in [0.3, 0.4) is 0 Å². The molecular weight excluding hydrogens is 580 g/mol. The lowest BCUT2D eigenvalue weighted by Crippen LogP contribution is -2.23. The number of amides is 2. The van der Waals surface area contributed by atoms with Gasteiger partial charge in [-0.05, 0) is 36.4 Å². The number of ether oxygens (including phenoxy) is 7. The molecule has 0 aliphatic carbocycles. The van der Waals surface area contributed by atoms with Crippen molar-refractivity contribution < 1.29 is 42.7 Å². The van der Waals surface area contributed by atoms with E-state index in [1.54, 1.807) is 24.3 Å². The minimum Gasteiger partial charge on any atom is -0.493 e. The first-order valence-electron chi connectivity index (χ1n) is 13.9. The number of carbonyl (C=O) groups is 2. The summed E-state index contributed by atoms with van der Waals surface area (Å²) >= 11 is 0. The predicted octanol–water partition coefficient (Wildman–Crippen LogP) is 5.39. The van der Waals surface area contributed by atoms with Crippen LogP contribution in [0.1, 0.15) is 31.8 Å². The van der Waals surface area contributed by atoms with Crippen molar-refractivity contribution >= 4 is 11.8 Å². The molecule has 4 rings (SSSR count). The molecule has 0 heterocycles. The Morgan fingerprint density at radius 1 is 0.489 bits per heavy atom. The number of hydrogen-bond acceptors (Lipinski definition) is 9. The zero-order valence-electron chi connectivity index (χ0n) is 26.0. The highest BCUT2D eigenvalue weighted by molar-refractivity contribution is 5.96. The average Bonchev–Trinajstić information content (AvgIpc) is 3.08. The summed E-state index contributed by atoms with van der Waals surface area (Å²) in [5.41, 5.74) is 2.18. The van der Waals surface area contributed by atoms with E-state index in [1.165, 1.54) is 42.7 Å². The van der Waals surface area contributed by atoms with Crippen LogP contribution < -0.4 is 43.8 Å². The highest BCUT2D eigenvalue weighted by atomic mass is 16.5. The van der Waals surface area contributed by atoms with Gasteiger partial charge >= 0.3 is 0 Å². The molecule has 0 bridgehead atoms. The second kappa shape index (κ2) is 15.2. The molecule has 0 radical (unpaired) electrons. The molecule has 4 aromatic carbocycles. The number of hydrogen-bond donors (Lipinski definition) is 2. The Labute approximate surface area is 261 Å². The summed E-state index contributed by atoms with van der Waals surface area (Å²) in [6.07, 6.45) is 0. The Morgan fingerprint density at radius 3 is 1.13 bits per heavy atom. The van der Waals surface area contributed by atoms with Gasteiger partial charge in [-0.25, -0.2) is 0 Å². The topological polar surface area (TPSA) is 123 Å². The van der Waals surface area contributed by atoms with Gasteiger partial charge in [0.2, 0.25) is 11.5 Å². The third-order valence-electron chi connectivity index (χ3n) is 6.90. The Morgan fingerprint density at radius 2 is 0.822 bits per heavy atom. The largest absolute Gasteiger partial charge is 0.493 e. The minimum atomic E-state index is -0.334. The van der Waals surface area contributed by atoms with E-state index in [1.807, 2.05) is 48.5 Å². The molecule has 0 unspecified atom stereocenters. The second-order valence-corrected chi connectivity index (χ2v) is 9.51. The maximum absolute atomic E-state index is 13.1. The number of methoxy groups -OCH3 is 6. The van der Waals surface area contributed by atoms with Gasteiger partial charge in [0.15, 0.2) is 23.0 Å². The van der Waals surface area contributed by atoms with Crippen molar-refractivity contribution in [2.45, 2.75) is 13.1 Å². The Bertz CT molecular complexity index is 1480. The van der Waals surface area contributed by atoms with Crippen molar-refractivity contribution in [3.8, 4) is 46.0 Å². The Balaban J connectivity index is 1.48. The van der Waals surface area contributed by atoms with Gasteiger partial charge in [0.1, 0.15) is 11.5 Å². The molecule has 0 aliphatic rings. The number of para-hydroxylation sites is 2. The lowest BCUT2D eigenvalue weighted by Gasteiger charge is -2.16. The molecular formula is C34H36N2O9. The van der Waals surface area contributed by atoms with Crippen LogP contribution in [0, 0.1) is 0 Å². The molecule has 11 nitrogen and oxygen atoms in total. The van der Waals surface area contributed by atoms with Gasteiger partial charge in [0.05, 0.1) is 42.7 Å². The molecule has 2 amide bonds. The predicted molar refractivity (Wildman–Crippen MR) is 167 cm³/mol. The molecule has 0 saturated carbocycles.